The van der Waals surface area contributed by atoms with Gasteiger partial charge in [-0.05, 0) is 5.56 Å². The minimum absolute atomic E-state index is 0.00986. The Morgan fingerprint density at radius 3 is 2.32 bits per heavy atom. The first-order valence-corrected chi connectivity index (χ1v) is 8.01. The summed E-state index contributed by atoms with van der Waals surface area (Å²) in [6.07, 6.45) is -0.00986. The van der Waals surface area contributed by atoms with Gasteiger partial charge in [-0.15, -0.1) is 0 Å². The Balaban J connectivity index is 2.17. The third kappa shape index (κ3) is 3.78. The van der Waals surface area contributed by atoms with Crippen LogP contribution in [0, 0.1) is 0 Å². The molecule has 1 fully saturated rings. The zero-order chi connectivity index (χ0) is 13.9. The maximum Gasteiger partial charge on any atom is 0.305 e. The van der Waals surface area contributed by atoms with Crippen molar-refractivity contribution in [2.45, 2.75) is 12.5 Å². The van der Waals surface area contributed by atoms with E-state index in [0.717, 1.165) is 5.56 Å². The number of hydrogen-bond acceptors (Lipinski definition) is 4. The largest absolute Gasteiger partial charge is 0.481 e. The predicted molar refractivity (Wildman–Crippen MR) is 71.7 cm³/mol. The lowest BCUT2D eigenvalue weighted by Crippen LogP contribution is -2.42. The van der Waals surface area contributed by atoms with E-state index in [0.29, 0.717) is 13.1 Å². The molecule has 1 aromatic carbocycles. The lowest BCUT2D eigenvalue weighted by molar-refractivity contribution is -0.138. The standard InChI is InChI=1S/C13H17NO4S/c15-13(16)10-12(11-4-2-1-3-5-11)14-6-8-19(17,18)9-7-14/h1-5,12H,6-10H2,(H,15,16). The highest BCUT2D eigenvalue weighted by Crippen LogP contribution is 2.25. The molecular formula is C13H17NO4S. The van der Waals surface area contributed by atoms with E-state index in [9.17, 15) is 13.2 Å². The summed E-state index contributed by atoms with van der Waals surface area (Å²) in [5, 5.41) is 9.03. The second kappa shape index (κ2) is 5.71. The van der Waals surface area contributed by atoms with E-state index < -0.39 is 15.8 Å². The topological polar surface area (TPSA) is 74.7 Å². The molecule has 104 valence electrons. The quantitative estimate of drug-likeness (QED) is 0.890. The van der Waals surface area contributed by atoms with Crippen LogP contribution in [-0.4, -0.2) is 49.0 Å². The summed E-state index contributed by atoms with van der Waals surface area (Å²) in [5.74, 6) is -0.659. The van der Waals surface area contributed by atoms with E-state index in [2.05, 4.69) is 0 Å². The van der Waals surface area contributed by atoms with E-state index in [4.69, 9.17) is 5.11 Å². The van der Waals surface area contributed by atoms with Crippen LogP contribution in [0.15, 0.2) is 30.3 Å². The van der Waals surface area contributed by atoms with Gasteiger partial charge in [-0.2, -0.15) is 0 Å². The highest BCUT2D eigenvalue weighted by molar-refractivity contribution is 7.91. The van der Waals surface area contributed by atoms with Crippen LogP contribution in [0.2, 0.25) is 0 Å². The fourth-order valence-electron chi connectivity index (χ4n) is 2.34. The molecule has 0 amide bonds. The molecule has 0 saturated carbocycles. The normalized spacial score (nSPS) is 20.8. The lowest BCUT2D eigenvalue weighted by atomic mass is 10.0. The summed E-state index contributed by atoms with van der Waals surface area (Å²) in [4.78, 5) is 13.0. The van der Waals surface area contributed by atoms with E-state index in [1.54, 1.807) is 0 Å². The Morgan fingerprint density at radius 1 is 1.21 bits per heavy atom. The van der Waals surface area contributed by atoms with Crippen LogP contribution in [0.4, 0.5) is 0 Å². The molecule has 1 heterocycles. The molecule has 0 aliphatic carbocycles. The maximum atomic E-state index is 11.4. The summed E-state index contributed by atoms with van der Waals surface area (Å²) in [5.41, 5.74) is 0.921. The first-order valence-electron chi connectivity index (χ1n) is 6.19. The Kier molecular flexibility index (Phi) is 4.21. The Bertz CT molecular complexity index is 527. The second-order valence-corrected chi connectivity index (χ2v) is 7.02. The molecule has 1 aliphatic heterocycles. The van der Waals surface area contributed by atoms with Crippen molar-refractivity contribution in [1.29, 1.82) is 0 Å². The molecule has 0 spiro atoms. The van der Waals surface area contributed by atoms with Crippen molar-refractivity contribution in [1.82, 2.24) is 4.90 Å². The van der Waals surface area contributed by atoms with Crippen molar-refractivity contribution in [2.75, 3.05) is 24.6 Å². The van der Waals surface area contributed by atoms with E-state index >= 15 is 0 Å². The van der Waals surface area contributed by atoms with Gasteiger partial charge in [0.05, 0.1) is 17.9 Å². The molecular weight excluding hydrogens is 266 g/mol. The zero-order valence-corrected chi connectivity index (χ0v) is 11.3. The smallest absolute Gasteiger partial charge is 0.305 e. The average Bonchev–Trinajstić information content (AvgIpc) is 2.37. The number of benzene rings is 1. The first-order chi connectivity index (χ1) is 8.98. The van der Waals surface area contributed by atoms with Crippen LogP contribution in [0.5, 0.6) is 0 Å². The van der Waals surface area contributed by atoms with Crippen LogP contribution in [0.1, 0.15) is 18.0 Å². The fourth-order valence-corrected chi connectivity index (χ4v) is 3.57. The number of carboxylic acid groups (broad SMARTS) is 1. The first kappa shape index (κ1) is 14.0. The molecule has 1 aromatic rings. The number of carboxylic acids is 1. The van der Waals surface area contributed by atoms with Crippen LogP contribution in [-0.2, 0) is 14.6 Å². The third-order valence-corrected chi connectivity index (χ3v) is 4.98. The van der Waals surface area contributed by atoms with Crippen LogP contribution in [0.25, 0.3) is 0 Å². The van der Waals surface area contributed by atoms with Gasteiger partial charge in [0.25, 0.3) is 0 Å². The molecule has 1 saturated heterocycles. The van der Waals surface area contributed by atoms with Gasteiger partial charge in [0, 0.05) is 19.1 Å². The third-order valence-electron chi connectivity index (χ3n) is 3.37. The molecule has 1 N–H and O–H groups in total. The number of carbonyl (C=O) groups is 1. The highest BCUT2D eigenvalue weighted by atomic mass is 32.2. The van der Waals surface area contributed by atoms with Crippen molar-refractivity contribution in [3.63, 3.8) is 0 Å². The minimum Gasteiger partial charge on any atom is -0.481 e. The minimum atomic E-state index is -2.95. The van der Waals surface area contributed by atoms with Crippen molar-refractivity contribution < 1.29 is 18.3 Å². The molecule has 2 rings (SSSR count). The van der Waals surface area contributed by atoms with Crippen molar-refractivity contribution >= 4 is 15.8 Å². The molecule has 1 unspecified atom stereocenters. The molecule has 5 nitrogen and oxygen atoms in total. The molecule has 0 radical (unpaired) electrons. The monoisotopic (exact) mass is 283 g/mol. The van der Waals surface area contributed by atoms with Gasteiger partial charge >= 0.3 is 5.97 Å². The molecule has 0 bridgehead atoms. The van der Waals surface area contributed by atoms with E-state index in [-0.39, 0.29) is 24.0 Å². The summed E-state index contributed by atoms with van der Waals surface area (Å²) in [6, 6.07) is 9.12. The van der Waals surface area contributed by atoms with Crippen molar-refractivity contribution in [3.05, 3.63) is 35.9 Å². The summed E-state index contributed by atoms with van der Waals surface area (Å²) in [7, 11) is -2.95. The molecule has 1 atom stereocenters. The zero-order valence-electron chi connectivity index (χ0n) is 10.5. The average molecular weight is 283 g/mol. The van der Waals surface area contributed by atoms with Crippen LogP contribution in [0.3, 0.4) is 0 Å². The van der Waals surface area contributed by atoms with Gasteiger partial charge in [-0.25, -0.2) is 8.42 Å². The fraction of sp³-hybridized carbons (Fsp3) is 0.462. The van der Waals surface area contributed by atoms with Gasteiger partial charge in [0.15, 0.2) is 9.84 Å². The van der Waals surface area contributed by atoms with Crippen LogP contribution >= 0.6 is 0 Å². The summed E-state index contributed by atoms with van der Waals surface area (Å²) >= 11 is 0. The molecule has 6 heteroatoms. The van der Waals surface area contributed by atoms with Gasteiger partial charge < -0.3 is 5.11 Å². The molecule has 0 aromatic heterocycles. The van der Waals surface area contributed by atoms with Crippen LogP contribution < -0.4 is 0 Å². The van der Waals surface area contributed by atoms with Gasteiger partial charge in [0.1, 0.15) is 0 Å². The van der Waals surface area contributed by atoms with Gasteiger partial charge in [-0.1, -0.05) is 30.3 Å². The lowest BCUT2D eigenvalue weighted by Gasteiger charge is -2.33. The Labute approximate surface area is 112 Å². The van der Waals surface area contributed by atoms with Gasteiger partial charge in [-0.3, -0.25) is 9.69 Å². The SMILES string of the molecule is O=C(O)CC(c1ccccc1)N1CCS(=O)(=O)CC1. The molecule has 1 aliphatic rings. The second-order valence-electron chi connectivity index (χ2n) is 4.71. The van der Waals surface area contributed by atoms with Crippen molar-refractivity contribution in [2.24, 2.45) is 0 Å². The Morgan fingerprint density at radius 2 is 1.79 bits per heavy atom. The highest BCUT2D eigenvalue weighted by Gasteiger charge is 2.29. The van der Waals surface area contributed by atoms with E-state index in [1.807, 2.05) is 35.2 Å². The summed E-state index contributed by atoms with van der Waals surface area (Å²) in [6.45, 7) is 0.796. The van der Waals surface area contributed by atoms with E-state index in [1.165, 1.54) is 0 Å². The van der Waals surface area contributed by atoms with Crippen molar-refractivity contribution in [3.8, 4) is 0 Å². The van der Waals surface area contributed by atoms with Gasteiger partial charge in [0.2, 0.25) is 0 Å². The number of sulfone groups is 1. The number of aliphatic carboxylic acids is 1. The number of hydrogen-bond donors (Lipinski definition) is 1. The summed E-state index contributed by atoms with van der Waals surface area (Å²) < 4.78 is 22.9. The predicted octanol–water partition coefficient (Wildman–Crippen LogP) is 0.933. The molecule has 19 heavy (non-hydrogen) atoms. The maximum absolute atomic E-state index is 11.4. The number of nitrogens with zero attached hydrogens (tertiary/aromatic N) is 1. The number of rotatable bonds is 4. The Hall–Kier alpha value is -1.40.